The Morgan fingerprint density at radius 3 is 0.988 bits per heavy atom. The molecule has 0 aromatic rings. The van der Waals surface area contributed by atoms with Crippen LogP contribution in [-0.2, 0) is 32.7 Å². The van der Waals surface area contributed by atoms with E-state index >= 15 is 0 Å². The Labute approximate surface area is 531 Å². The van der Waals surface area contributed by atoms with E-state index < -0.39 is 26.5 Å². The van der Waals surface area contributed by atoms with Gasteiger partial charge in [-0.05, 0) is 103 Å². The summed E-state index contributed by atoms with van der Waals surface area (Å²) >= 11 is 0. The molecule has 0 spiro atoms. The van der Waals surface area contributed by atoms with Crippen molar-refractivity contribution in [2.24, 2.45) is 0 Å². The summed E-state index contributed by atoms with van der Waals surface area (Å²) in [6.07, 6.45) is 93.1. The van der Waals surface area contributed by atoms with E-state index in [0.29, 0.717) is 17.4 Å². The monoisotopic (exact) mass is 1220 g/mol. The van der Waals surface area contributed by atoms with Crippen molar-refractivity contribution in [3.05, 3.63) is 109 Å². The van der Waals surface area contributed by atoms with Gasteiger partial charge in [0.15, 0.2) is 6.10 Å². The molecule has 0 saturated heterocycles. The van der Waals surface area contributed by atoms with Gasteiger partial charge in [0, 0.05) is 12.8 Å². The molecule has 0 N–H and O–H groups in total. The van der Waals surface area contributed by atoms with Crippen LogP contribution in [0.5, 0.6) is 0 Å². The lowest BCUT2D eigenvalue weighted by atomic mass is 10.0. The third-order valence-electron chi connectivity index (χ3n) is 15.3. The Kier molecular flexibility index (Phi) is 63.5. The number of rotatable bonds is 65. The first-order chi connectivity index (χ1) is 42.0. The minimum Gasteiger partial charge on any atom is -0.756 e. The standard InChI is InChI=1S/C76H134NO8P/c1-6-8-10-12-14-16-18-20-22-24-26-28-30-32-34-35-36-37-38-39-40-41-43-45-47-49-51-53-55-57-59-61-63-65-67-69-76(79)85-74(73-84-86(80,81)83-71-70-77(3,4)5)72-82-75(78)68-66-64-62-60-58-56-54-52-50-48-46-44-42-33-31-29-27-25-23-21-19-17-15-13-11-9-7-2/h8,10,14,16,19-22,25-28,32,34,36-37,39-40,74H,6-7,9,11-13,15,17-18,23-24,29-31,33,35,38,41-73H2,1-5H3/b10-8-,16-14-,21-19-,22-20-,27-25-,28-26-,34-32-,37-36-,40-39-. The fourth-order valence-corrected chi connectivity index (χ4v) is 10.6. The topological polar surface area (TPSA) is 111 Å². The molecule has 86 heavy (non-hydrogen) atoms. The summed E-state index contributed by atoms with van der Waals surface area (Å²) in [5, 5.41) is 0. The first-order valence-corrected chi connectivity index (χ1v) is 37.1. The Morgan fingerprint density at radius 2 is 0.663 bits per heavy atom. The van der Waals surface area contributed by atoms with Gasteiger partial charge in [-0.2, -0.15) is 0 Å². The van der Waals surface area contributed by atoms with Gasteiger partial charge >= 0.3 is 11.9 Å². The Hall–Kier alpha value is -3.33. The number of carbonyl (C=O) groups excluding carboxylic acids is 2. The summed E-state index contributed by atoms with van der Waals surface area (Å²) < 4.78 is 34.3. The highest BCUT2D eigenvalue weighted by Gasteiger charge is 2.22. The van der Waals surface area contributed by atoms with Gasteiger partial charge in [0.1, 0.15) is 19.8 Å². The summed E-state index contributed by atoms with van der Waals surface area (Å²) in [6.45, 7) is 4.14. The van der Waals surface area contributed by atoms with Gasteiger partial charge in [-0.3, -0.25) is 14.2 Å². The van der Waals surface area contributed by atoms with E-state index in [2.05, 4.69) is 123 Å². The Morgan fingerprint density at radius 1 is 0.372 bits per heavy atom. The second-order valence-electron chi connectivity index (χ2n) is 24.9. The number of ether oxygens (including phenoxy) is 2. The van der Waals surface area contributed by atoms with E-state index in [-0.39, 0.29) is 32.0 Å². The molecule has 0 radical (unpaired) electrons. The van der Waals surface area contributed by atoms with Crippen molar-refractivity contribution in [1.29, 1.82) is 0 Å². The number of nitrogens with zero attached hydrogens (tertiary/aromatic N) is 1. The molecular weight excluding hydrogens is 1090 g/mol. The quantitative estimate of drug-likeness (QED) is 0.0195. The van der Waals surface area contributed by atoms with Crippen molar-refractivity contribution < 1.29 is 42.1 Å². The molecule has 0 heterocycles. The molecule has 10 heteroatoms. The zero-order valence-electron chi connectivity index (χ0n) is 56.5. The van der Waals surface area contributed by atoms with Crippen LogP contribution in [0.3, 0.4) is 0 Å². The van der Waals surface area contributed by atoms with Crippen LogP contribution < -0.4 is 4.89 Å². The van der Waals surface area contributed by atoms with E-state index in [1.165, 1.54) is 186 Å². The zero-order valence-corrected chi connectivity index (χ0v) is 57.4. The van der Waals surface area contributed by atoms with E-state index in [1.54, 1.807) is 0 Å². The highest BCUT2D eigenvalue weighted by molar-refractivity contribution is 7.45. The number of allylic oxidation sites excluding steroid dienone is 18. The van der Waals surface area contributed by atoms with Crippen LogP contribution >= 0.6 is 7.82 Å². The molecule has 0 aliphatic rings. The highest BCUT2D eigenvalue weighted by Crippen LogP contribution is 2.38. The minimum atomic E-state index is -4.65. The molecule has 0 aliphatic carbocycles. The maximum Gasteiger partial charge on any atom is 0.306 e. The second-order valence-corrected chi connectivity index (χ2v) is 26.3. The number of phosphoric acid groups is 1. The minimum absolute atomic E-state index is 0.0340. The third kappa shape index (κ3) is 69.8. The Balaban J connectivity index is 4.05. The SMILES string of the molecule is CC/C=C\C/C=C\C/C=C\C/C=C\C/C=C\C/C=C\C/C=C\CCCCCCCCCCCCCCCC(=O)OC(COC(=O)CCCCCCCCCCCCCCCCC/C=C\C/C=C\CCCCCCC)COP(=O)([O-])OCC[N+](C)(C)C. The first-order valence-electron chi connectivity index (χ1n) is 35.6. The smallest absolute Gasteiger partial charge is 0.306 e. The van der Waals surface area contributed by atoms with Crippen LogP contribution in [0.25, 0.3) is 0 Å². The van der Waals surface area contributed by atoms with Gasteiger partial charge in [0.2, 0.25) is 0 Å². The molecular formula is C76H134NO8P. The molecule has 0 saturated carbocycles. The molecule has 9 nitrogen and oxygen atoms in total. The number of phosphoric ester groups is 1. The van der Waals surface area contributed by atoms with Crippen LogP contribution in [0.15, 0.2) is 109 Å². The number of likely N-dealkylation sites (N-methyl/N-ethyl adjacent to an activating group) is 1. The molecule has 0 aliphatic heterocycles. The van der Waals surface area contributed by atoms with E-state index in [4.69, 9.17) is 18.5 Å². The molecule has 0 aromatic carbocycles. The average Bonchev–Trinajstić information content (AvgIpc) is 3.56. The van der Waals surface area contributed by atoms with E-state index in [9.17, 15) is 19.0 Å². The average molecular weight is 1220 g/mol. The van der Waals surface area contributed by atoms with Crippen molar-refractivity contribution in [2.75, 3.05) is 47.5 Å². The maximum absolute atomic E-state index is 12.9. The molecule has 496 valence electrons. The van der Waals surface area contributed by atoms with Gasteiger partial charge in [0.25, 0.3) is 7.82 Å². The zero-order chi connectivity index (χ0) is 62.6. The van der Waals surface area contributed by atoms with Gasteiger partial charge in [0.05, 0.1) is 27.7 Å². The maximum atomic E-state index is 12.9. The van der Waals surface area contributed by atoms with Gasteiger partial charge in [-0.25, -0.2) is 0 Å². The van der Waals surface area contributed by atoms with Crippen molar-refractivity contribution in [2.45, 2.75) is 315 Å². The molecule has 0 bridgehead atoms. The fraction of sp³-hybridized carbons (Fsp3) is 0.737. The normalized spacial score (nSPS) is 13.8. The fourth-order valence-electron chi connectivity index (χ4n) is 9.85. The van der Waals surface area contributed by atoms with E-state index in [0.717, 1.165) is 89.9 Å². The lowest BCUT2D eigenvalue weighted by Gasteiger charge is -2.28. The molecule has 0 amide bonds. The predicted molar refractivity (Wildman–Crippen MR) is 369 cm³/mol. The number of unbranched alkanes of at least 4 members (excludes halogenated alkanes) is 33. The Bertz CT molecular complexity index is 1820. The lowest BCUT2D eigenvalue weighted by molar-refractivity contribution is -0.870. The summed E-state index contributed by atoms with van der Waals surface area (Å²) in [4.78, 5) is 38.1. The molecule has 2 atom stereocenters. The van der Waals surface area contributed by atoms with Crippen molar-refractivity contribution in [3.63, 3.8) is 0 Å². The van der Waals surface area contributed by atoms with Crippen molar-refractivity contribution in [1.82, 2.24) is 0 Å². The van der Waals surface area contributed by atoms with Crippen LogP contribution in [0.4, 0.5) is 0 Å². The van der Waals surface area contributed by atoms with Gasteiger partial charge < -0.3 is 27.9 Å². The highest BCUT2D eigenvalue weighted by atomic mass is 31.2. The van der Waals surface area contributed by atoms with Crippen molar-refractivity contribution in [3.8, 4) is 0 Å². The summed E-state index contributed by atoms with van der Waals surface area (Å²) in [5.41, 5.74) is 0. The second kappa shape index (κ2) is 66.1. The number of esters is 2. The first kappa shape index (κ1) is 82.7. The number of hydrogen-bond acceptors (Lipinski definition) is 8. The van der Waals surface area contributed by atoms with Crippen LogP contribution in [0.2, 0.25) is 0 Å². The molecule has 0 aromatic heterocycles. The van der Waals surface area contributed by atoms with Crippen LogP contribution in [0.1, 0.15) is 309 Å². The molecule has 2 unspecified atom stereocenters. The number of hydrogen-bond donors (Lipinski definition) is 0. The summed E-state index contributed by atoms with van der Waals surface area (Å²) in [5.74, 6) is -0.828. The van der Waals surface area contributed by atoms with Crippen molar-refractivity contribution >= 4 is 19.8 Å². The number of quaternary nitrogens is 1. The molecule has 0 fully saturated rings. The summed E-state index contributed by atoms with van der Waals surface area (Å²) in [7, 11) is 1.17. The van der Waals surface area contributed by atoms with E-state index in [1.807, 2.05) is 21.1 Å². The predicted octanol–water partition coefficient (Wildman–Crippen LogP) is 22.6. The van der Waals surface area contributed by atoms with Crippen LogP contribution in [0, 0.1) is 0 Å². The third-order valence-corrected chi connectivity index (χ3v) is 16.2. The largest absolute Gasteiger partial charge is 0.756 e. The van der Waals surface area contributed by atoms with Gasteiger partial charge in [-0.15, -0.1) is 0 Å². The lowest BCUT2D eigenvalue weighted by Crippen LogP contribution is -2.37. The van der Waals surface area contributed by atoms with Crippen LogP contribution in [-0.4, -0.2) is 70.0 Å². The number of carbonyl (C=O) groups is 2. The van der Waals surface area contributed by atoms with Gasteiger partial charge in [-0.1, -0.05) is 303 Å². The molecule has 0 rings (SSSR count). The summed E-state index contributed by atoms with van der Waals surface area (Å²) in [6, 6.07) is 0.